The lowest BCUT2D eigenvalue weighted by atomic mass is 9.95. The van der Waals surface area contributed by atoms with Crippen molar-refractivity contribution in [2.45, 2.75) is 37.9 Å². The number of rotatable bonds is 2. The fraction of sp³-hybridized carbons (Fsp3) is 0.500. The molecule has 94 valence electrons. The molecule has 5 heteroatoms. The van der Waals surface area contributed by atoms with Crippen molar-refractivity contribution in [1.82, 2.24) is 0 Å². The number of nitrogen functional groups attached to an aromatic ring is 1. The van der Waals surface area contributed by atoms with E-state index in [0.717, 1.165) is 6.07 Å². The lowest BCUT2D eigenvalue weighted by molar-refractivity contribution is 0.0647. The molecule has 1 aromatic rings. The van der Waals surface area contributed by atoms with Crippen LogP contribution in [-0.2, 0) is 0 Å². The molecule has 1 aliphatic rings. The number of hydrogen-bond donors (Lipinski definition) is 2. The maximum Gasteiger partial charge on any atom is 0.202 e. The van der Waals surface area contributed by atoms with Crippen LogP contribution in [0.1, 0.15) is 25.7 Å². The van der Waals surface area contributed by atoms with Gasteiger partial charge in [-0.3, -0.25) is 0 Å². The van der Waals surface area contributed by atoms with Crippen LogP contribution in [0.3, 0.4) is 0 Å². The number of aliphatic hydroxyl groups is 1. The second kappa shape index (κ2) is 4.87. The van der Waals surface area contributed by atoms with E-state index >= 15 is 0 Å². The Morgan fingerprint density at radius 1 is 1.18 bits per heavy atom. The summed E-state index contributed by atoms with van der Waals surface area (Å²) in [5.74, 6) is -2.23. The molecule has 17 heavy (non-hydrogen) atoms. The molecule has 0 saturated heterocycles. The molecule has 3 nitrogen and oxygen atoms in total. The minimum atomic E-state index is -1.05. The summed E-state index contributed by atoms with van der Waals surface area (Å²) in [6.45, 7) is 0. The van der Waals surface area contributed by atoms with Gasteiger partial charge in [0.05, 0.1) is 17.9 Å². The van der Waals surface area contributed by atoms with Gasteiger partial charge in [0, 0.05) is 0 Å². The van der Waals surface area contributed by atoms with E-state index in [9.17, 15) is 13.9 Å². The Morgan fingerprint density at radius 2 is 1.82 bits per heavy atom. The van der Waals surface area contributed by atoms with E-state index in [0.29, 0.717) is 25.7 Å². The monoisotopic (exact) mass is 243 g/mol. The largest absolute Gasteiger partial charge is 0.485 e. The molecule has 0 atom stereocenters. The molecule has 0 amide bonds. The predicted molar refractivity (Wildman–Crippen MR) is 59.7 cm³/mol. The average Bonchev–Trinajstić information content (AvgIpc) is 2.32. The van der Waals surface area contributed by atoms with Gasteiger partial charge in [0.1, 0.15) is 0 Å². The lowest BCUT2D eigenvalue weighted by Crippen LogP contribution is -2.27. The van der Waals surface area contributed by atoms with Crippen molar-refractivity contribution in [2.24, 2.45) is 0 Å². The van der Waals surface area contributed by atoms with Crippen molar-refractivity contribution < 1.29 is 18.6 Å². The van der Waals surface area contributed by atoms with Crippen LogP contribution in [0.5, 0.6) is 5.75 Å². The molecule has 1 aliphatic carbocycles. The minimum Gasteiger partial charge on any atom is -0.485 e. The highest BCUT2D eigenvalue weighted by molar-refractivity contribution is 5.53. The maximum atomic E-state index is 13.5. The number of nitrogens with two attached hydrogens (primary N) is 1. The average molecular weight is 243 g/mol. The van der Waals surface area contributed by atoms with Gasteiger partial charge in [-0.05, 0) is 37.8 Å². The van der Waals surface area contributed by atoms with E-state index < -0.39 is 11.6 Å². The topological polar surface area (TPSA) is 55.5 Å². The predicted octanol–water partition coefficient (Wildman–Crippen LogP) is 2.23. The van der Waals surface area contributed by atoms with E-state index in [1.807, 2.05) is 0 Å². The first-order valence-electron chi connectivity index (χ1n) is 5.66. The fourth-order valence-electron chi connectivity index (χ4n) is 2.00. The van der Waals surface area contributed by atoms with Gasteiger partial charge in [-0.25, -0.2) is 4.39 Å². The third-order valence-corrected chi connectivity index (χ3v) is 3.01. The van der Waals surface area contributed by atoms with Crippen LogP contribution in [0, 0.1) is 11.6 Å². The maximum absolute atomic E-state index is 13.5. The van der Waals surface area contributed by atoms with Gasteiger partial charge in [-0.1, -0.05) is 0 Å². The number of ether oxygens (including phenoxy) is 1. The number of aliphatic hydroxyl groups excluding tert-OH is 1. The van der Waals surface area contributed by atoms with Crippen LogP contribution in [0.4, 0.5) is 14.5 Å². The van der Waals surface area contributed by atoms with Gasteiger partial charge in [0.15, 0.2) is 11.6 Å². The lowest BCUT2D eigenvalue weighted by Gasteiger charge is -2.26. The number of halogens is 2. The number of anilines is 1. The van der Waals surface area contributed by atoms with Gasteiger partial charge in [0.25, 0.3) is 0 Å². The van der Waals surface area contributed by atoms with Gasteiger partial charge in [-0.2, -0.15) is 4.39 Å². The molecule has 0 bridgehead atoms. The summed E-state index contributed by atoms with van der Waals surface area (Å²) in [6.07, 6.45) is 1.94. The molecular formula is C12H15F2NO2. The Labute approximate surface area is 98.2 Å². The Balaban J connectivity index is 2.11. The van der Waals surface area contributed by atoms with Gasteiger partial charge in [-0.15, -0.1) is 0 Å². The van der Waals surface area contributed by atoms with Crippen molar-refractivity contribution in [2.75, 3.05) is 5.73 Å². The van der Waals surface area contributed by atoms with Crippen LogP contribution in [0.2, 0.25) is 0 Å². The zero-order valence-electron chi connectivity index (χ0n) is 9.33. The quantitative estimate of drug-likeness (QED) is 0.783. The van der Waals surface area contributed by atoms with Gasteiger partial charge in [0.2, 0.25) is 5.82 Å². The SMILES string of the molecule is Nc1ccc(F)c(F)c1OC1CCC(O)CC1. The van der Waals surface area contributed by atoms with Crippen LogP contribution >= 0.6 is 0 Å². The molecule has 1 fully saturated rings. The Hall–Kier alpha value is -1.36. The van der Waals surface area contributed by atoms with Crippen LogP contribution in [0.15, 0.2) is 12.1 Å². The van der Waals surface area contributed by atoms with Crippen molar-refractivity contribution in [1.29, 1.82) is 0 Å². The summed E-state index contributed by atoms with van der Waals surface area (Å²) in [4.78, 5) is 0. The fourth-order valence-corrected chi connectivity index (χ4v) is 2.00. The number of benzene rings is 1. The third kappa shape index (κ3) is 2.66. The second-order valence-corrected chi connectivity index (χ2v) is 4.33. The highest BCUT2D eigenvalue weighted by atomic mass is 19.2. The van der Waals surface area contributed by atoms with Crippen molar-refractivity contribution in [3.8, 4) is 5.75 Å². The summed E-state index contributed by atoms with van der Waals surface area (Å²) >= 11 is 0. The smallest absolute Gasteiger partial charge is 0.202 e. The molecule has 0 radical (unpaired) electrons. The summed E-state index contributed by atoms with van der Waals surface area (Å²) in [6, 6.07) is 2.26. The Kier molecular flexibility index (Phi) is 3.47. The van der Waals surface area contributed by atoms with Crippen molar-refractivity contribution in [3.63, 3.8) is 0 Å². The first-order chi connectivity index (χ1) is 8.08. The zero-order chi connectivity index (χ0) is 12.4. The Morgan fingerprint density at radius 3 is 2.47 bits per heavy atom. The van der Waals surface area contributed by atoms with E-state index in [4.69, 9.17) is 10.5 Å². The molecular weight excluding hydrogens is 228 g/mol. The normalized spacial score (nSPS) is 24.6. The highest BCUT2D eigenvalue weighted by Gasteiger charge is 2.23. The molecule has 0 unspecified atom stereocenters. The second-order valence-electron chi connectivity index (χ2n) is 4.33. The van der Waals surface area contributed by atoms with E-state index in [1.165, 1.54) is 6.07 Å². The Bertz CT molecular complexity index is 404. The van der Waals surface area contributed by atoms with Crippen molar-refractivity contribution >= 4 is 5.69 Å². The van der Waals surface area contributed by atoms with Crippen LogP contribution in [0.25, 0.3) is 0 Å². The van der Waals surface area contributed by atoms with E-state index in [2.05, 4.69) is 0 Å². The summed E-state index contributed by atoms with van der Waals surface area (Å²) < 4.78 is 31.9. The van der Waals surface area contributed by atoms with E-state index in [-0.39, 0.29) is 23.6 Å². The van der Waals surface area contributed by atoms with Crippen LogP contribution in [-0.4, -0.2) is 17.3 Å². The van der Waals surface area contributed by atoms with Crippen molar-refractivity contribution in [3.05, 3.63) is 23.8 Å². The molecule has 3 N–H and O–H groups in total. The van der Waals surface area contributed by atoms with Gasteiger partial charge < -0.3 is 15.6 Å². The highest BCUT2D eigenvalue weighted by Crippen LogP contribution is 2.31. The molecule has 0 aromatic heterocycles. The molecule has 2 rings (SSSR count). The molecule has 0 spiro atoms. The standard InChI is InChI=1S/C12H15F2NO2/c13-9-5-6-10(15)12(11(9)14)17-8-3-1-7(16)2-4-8/h5-8,16H,1-4,15H2. The molecule has 1 aromatic carbocycles. The zero-order valence-corrected chi connectivity index (χ0v) is 9.33. The molecule has 1 saturated carbocycles. The van der Waals surface area contributed by atoms with E-state index in [1.54, 1.807) is 0 Å². The van der Waals surface area contributed by atoms with Crippen LogP contribution < -0.4 is 10.5 Å². The summed E-state index contributed by atoms with van der Waals surface area (Å²) in [5.41, 5.74) is 5.65. The van der Waals surface area contributed by atoms with Gasteiger partial charge >= 0.3 is 0 Å². The summed E-state index contributed by atoms with van der Waals surface area (Å²) in [7, 11) is 0. The first kappa shape index (κ1) is 12.1. The third-order valence-electron chi connectivity index (χ3n) is 3.01. The first-order valence-corrected chi connectivity index (χ1v) is 5.66. The minimum absolute atomic E-state index is 0.0926. The molecule has 0 heterocycles. The number of hydrogen-bond acceptors (Lipinski definition) is 3. The summed E-state index contributed by atoms with van der Waals surface area (Å²) in [5, 5.41) is 9.33. The molecule has 0 aliphatic heterocycles.